The van der Waals surface area contributed by atoms with E-state index in [2.05, 4.69) is 10.3 Å². The highest BCUT2D eigenvalue weighted by molar-refractivity contribution is 5.85. The Morgan fingerprint density at radius 1 is 1.21 bits per heavy atom. The minimum Gasteiger partial charge on any atom is -0.394 e. The zero-order valence-electron chi connectivity index (χ0n) is 13.0. The molecule has 0 saturated carbocycles. The van der Waals surface area contributed by atoms with Gasteiger partial charge in [0, 0.05) is 17.1 Å². The van der Waals surface area contributed by atoms with E-state index in [1.54, 1.807) is 25.1 Å². The summed E-state index contributed by atoms with van der Waals surface area (Å²) in [6.45, 7) is 1.05. The molecule has 8 heteroatoms. The van der Waals surface area contributed by atoms with E-state index < -0.39 is 31.0 Å². The highest BCUT2D eigenvalue weighted by Crippen LogP contribution is 2.20. The lowest BCUT2D eigenvalue weighted by Crippen LogP contribution is -2.49. The molecule has 0 aliphatic carbocycles. The first-order valence-corrected chi connectivity index (χ1v) is 7.38. The maximum Gasteiger partial charge on any atom is 0.248 e. The number of carbonyl (C=O) groups excluding carboxylic acids is 1. The van der Waals surface area contributed by atoms with Gasteiger partial charge in [-0.1, -0.05) is 6.07 Å². The van der Waals surface area contributed by atoms with Crippen molar-refractivity contribution < 1.29 is 25.2 Å². The van der Waals surface area contributed by atoms with E-state index in [0.29, 0.717) is 17.5 Å². The number of H-pyrrole nitrogens is 1. The number of aromatic amines is 1. The van der Waals surface area contributed by atoms with Gasteiger partial charge in [-0.25, -0.2) is 0 Å². The largest absolute Gasteiger partial charge is 0.394 e. The second-order valence-corrected chi connectivity index (χ2v) is 5.61. The van der Waals surface area contributed by atoms with Crippen molar-refractivity contribution in [3.8, 4) is 0 Å². The Morgan fingerprint density at radius 2 is 1.92 bits per heavy atom. The van der Waals surface area contributed by atoms with Gasteiger partial charge in [0.1, 0.15) is 30.6 Å². The highest BCUT2D eigenvalue weighted by atomic mass is 16.4. The standard InChI is InChI=1S/C16H20N2O6/c1-8-4-14(22)18-11-5-9(2-3-10(8)11)17-12(6-19)15(23)16(24)13(21)7-20/h2-6,12-13,15-17,20-21,23-24H,7H2,1H3,(H,18,22)/t12-,13+,15+,16+/m1/s1. The van der Waals surface area contributed by atoms with Crippen molar-refractivity contribution in [3.63, 3.8) is 0 Å². The molecule has 2 rings (SSSR count). The number of nitrogens with one attached hydrogen (secondary N) is 2. The quantitative estimate of drug-likeness (QED) is 0.352. The highest BCUT2D eigenvalue weighted by Gasteiger charge is 2.31. The fraction of sp³-hybridized carbons (Fsp3) is 0.375. The lowest BCUT2D eigenvalue weighted by atomic mass is 10.0. The number of aromatic nitrogens is 1. The van der Waals surface area contributed by atoms with Crippen molar-refractivity contribution in [2.45, 2.75) is 31.3 Å². The summed E-state index contributed by atoms with van der Waals surface area (Å²) < 4.78 is 0. The summed E-state index contributed by atoms with van der Waals surface area (Å²) in [5.41, 5.74) is 1.53. The molecule has 0 radical (unpaired) electrons. The minimum atomic E-state index is -1.69. The number of hydrogen-bond donors (Lipinski definition) is 6. The van der Waals surface area contributed by atoms with E-state index in [-0.39, 0.29) is 5.56 Å². The summed E-state index contributed by atoms with van der Waals surface area (Å²) in [7, 11) is 0. The predicted molar refractivity (Wildman–Crippen MR) is 87.9 cm³/mol. The average Bonchev–Trinajstić information content (AvgIpc) is 2.57. The molecule has 0 spiro atoms. The van der Waals surface area contributed by atoms with Gasteiger partial charge in [-0.2, -0.15) is 0 Å². The van der Waals surface area contributed by atoms with Crippen molar-refractivity contribution in [1.29, 1.82) is 0 Å². The summed E-state index contributed by atoms with van der Waals surface area (Å²) in [6, 6.07) is 5.26. The first-order valence-electron chi connectivity index (χ1n) is 7.38. The molecule has 0 amide bonds. The van der Waals surface area contributed by atoms with Crippen molar-refractivity contribution in [3.05, 3.63) is 40.2 Å². The molecule has 24 heavy (non-hydrogen) atoms. The molecule has 0 fully saturated rings. The maximum absolute atomic E-state index is 11.5. The van der Waals surface area contributed by atoms with Crippen LogP contribution in [0.1, 0.15) is 5.56 Å². The fourth-order valence-corrected chi connectivity index (χ4v) is 2.46. The topological polar surface area (TPSA) is 143 Å². The number of benzene rings is 1. The smallest absolute Gasteiger partial charge is 0.248 e. The number of aryl methyl sites for hydroxylation is 1. The molecule has 2 aromatic rings. The van der Waals surface area contributed by atoms with Gasteiger partial charge in [0.25, 0.3) is 0 Å². The van der Waals surface area contributed by atoms with E-state index >= 15 is 0 Å². The Kier molecular flexibility index (Phi) is 5.68. The zero-order chi connectivity index (χ0) is 17.9. The van der Waals surface area contributed by atoms with Gasteiger partial charge in [-0.05, 0) is 24.6 Å². The number of fused-ring (bicyclic) bond motifs is 1. The molecule has 8 nitrogen and oxygen atoms in total. The molecule has 0 saturated heterocycles. The fourth-order valence-electron chi connectivity index (χ4n) is 2.46. The van der Waals surface area contributed by atoms with E-state index in [0.717, 1.165) is 10.9 Å². The van der Waals surface area contributed by atoms with Crippen LogP contribution in [0, 0.1) is 6.92 Å². The molecule has 0 aliphatic rings. The number of carbonyl (C=O) groups is 1. The first kappa shape index (κ1) is 18.1. The van der Waals surface area contributed by atoms with Crippen LogP contribution in [-0.2, 0) is 4.79 Å². The lowest BCUT2D eigenvalue weighted by molar-refractivity contribution is -0.117. The molecule has 4 atom stereocenters. The van der Waals surface area contributed by atoms with E-state index in [9.17, 15) is 24.9 Å². The molecule has 1 aromatic carbocycles. The minimum absolute atomic E-state index is 0.259. The molecule has 1 aromatic heterocycles. The predicted octanol–water partition coefficient (Wildman–Crippen LogP) is -1.11. The second-order valence-electron chi connectivity index (χ2n) is 5.61. The SMILES string of the molecule is Cc1cc(=O)[nH]c2cc(N[C@H](C=O)[C@H](O)[C@@H](O)[C@@H](O)CO)ccc12. The van der Waals surface area contributed by atoms with Crippen LogP contribution in [-0.4, -0.2) is 62.7 Å². The van der Waals surface area contributed by atoms with Crippen LogP contribution in [0.25, 0.3) is 10.9 Å². The van der Waals surface area contributed by atoms with Gasteiger partial charge in [-0.3, -0.25) is 4.79 Å². The van der Waals surface area contributed by atoms with Gasteiger partial charge >= 0.3 is 0 Å². The van der Waals surface area contributed by atoms with Crippen LogP contribution in [0.15, 0.2) is 29.1 Å². The second kappa shape index (κ2) is 7.54. The third kappa shape index (κ3) is 3.80. The first-order chi connectivity index (χ1) is 11.4. The molecule has 6 N–H and O–H groups in total. The summed E-state index contributed by atoms with van der Waals surface area (Å²) in [6.07, 6.45) is -4.50. The van der Waals surface area contributed by atoms with E-state index in [4.69, 9.17) is 5.11 Å². The molecule has 0 unspecified atom stereocenters. The van der Waals surface area contributed by atoms with Crippen LogP contribution in [0.2, 0.25) is 0 Å². The van der Waals surface area contributed by atoms with Gasteiger partial charge in [0.05, 0.1) is 12.1 Å². The number of hydrogen-bond acceptors (Lipinski definition) is 7. The number of aliphatic hydroxyl groups is 4. The van der Waals surface area contributed by atoms with Crippen molar-refractivity contribution >= 4 is 22.9 Å². The Bertz CT molecular complexity index is 775. The molecular weight excluding hydrogens is 316 g/mol. The monoisotopic (exact) mass is 336 g/mol. The van der Waals surface area contributed by atoms with Gasteiger partial charge in [0.2, 0.25) is 5.56 Å². The molecule has 0 bridgehead atoms. The van der Waals surface area contributed by atoms with Gasteiger partial charge < -0.3 is 35.5 Å². The van der Waals surface area contributed by atoms with E-state index in [1.807, 2.05) is 0 Å². The maximum atomic E-state index is 11.5. The van der Waals surface area contributed by atoms with Crippen LogP contribution >= 0.6 is 0 Å². The Hall–Kier alpha value is -2.26. The summed E-state index contributed by atoms with van der Waals surface area (Å²) in [5, 5.41) is 41.4. The summed E-state index contributed by atoms with van der Waals surface area (Å²) in [5.74, 6) is 0. The number of pyridine rings is 1. The van der Waals surface area contributed by atoms with Gasteiger partial charge in [-0.15, -0.1) is 0 Å². The van der Waals surface area contributed by atoms with Crippen LogP contribution in [0.5, 0.6) is 0 Å². The number of anilines is 1. The third-order valence-corrected chi connectivity index (χ3v) is 3.83. The number of aliphatic hydroxyl groups excluding tert-OH is 4. The zero-order valence-corrected chi connectivity index (χ0v) is 13.0. The Labute approximate surface area is 137 Å². The third-order valence-electron chi connectivity index (χ3n) is 3.83. The number of aldehydes is 1. The van der Waals surface area contributed by atoms with Gasteiger partial charge in [0.15, 0.2) is 0 Å². The average molecular weight is 336 g/mol. The van der Waals surface area contributed by atoms with Crippen molar-refractivity contribution in [2.24, 2.45) is 0 Å². The van der Waals surface area contributed by atoms with E-state index in [1.165, 1.54) is 6.07 Å². The Balaban J connectivity index is 2.26. The summed E-state index contributed by atoms with van der Waals surface area (Å²) >= 11 is 0. The van der Waals surface area contributed by atoms with Crippen LogP contribution in [0.3, 0.4) is 0 Å². The molecular formula is C16H20N2O6. The number of rotatable bonds is 7. The van der Waals surface area contributed by atoms with Crippen molar-refractivity contribution in [1.82, 2.24) is 4.98 Å². The van der Waals surface area contributed by atoms with Crippen molar-refractivity contribution in [2.75, 3.05) is 11.9 Å². The Morgan fingerprint density at radius 3 is 2.54 bits per heavy atom. The lowest BCUT2D eigenvalue weighted by Gasteiger charge is -2.26. The molecule has 0 aliphatic heterocycles. The molecule has 130 valence electrons. The molecule has 1 heterocycles. The normalized spacial score (nSPS) is 16.4. The van der Waals surface area contributed by atoms with Crippen LogP contribution in [0.4, 0.5) is 5.69 Å². The van der Waals surface area contributed by atoms with Crippen LogP contribution < -0.4 is 10.9 Å². The summed E-state index contributed by atoms with van der Waals surface area (Å²) in [4.78, 5) is 25.4.